The molecule has 1 aromatic heterocycles. The van der Waals surface area contributed by atoms with Crippen molar-refractivity contribution in [3.05, 3.63) is 83.3 Å². The monoisotopic (exact) mass is 386 g/mol. The molecule has 0 bridgehead atoms. The lowest BCUT2D eigenvalue weighted by Crippen LogP contribution is -2.27. The number of fused-ring (bicyclic) bond motifs is 1. The summed E-state index contributed by atoms with van der Waals surface area (Å²) in [5.41, 5.74) is 4.06. The molecule has 0 N–H and O–H groups in total. The number of para-hydroxylation sites is 1. The van der Waals surface area contributed by atoms with Crippen LogP contribution in [0, 0.1) is 5.41 Å². The molecule has 4 aromatic rings. The summed E-state index contributed by atoms with van der Waals surface area (Å²) >= 11 is 0. The zero-order valence-electron chi connectivity index (χ0n) is 17.3. The SMILES string of the molecule is Cn1c(=O)n(CC(C)(C)C)c2ccc(-c3cccc(Oc4ccccc4)c3)cc21. The van der Waals surface area contributed by atoms with Gasteiger partial charge >= 0.3 is 5.69 Å². The number of hydrogen-bond acceptors (Lipinski definition) is 2. The fraction of sp³-hybridized carbons (Fsp3) is 0.240. The topological polar surface area (TPSA) is 36.2 Å². The molecule has 0 saturated heterocycles. The minimum atomic E-state index is 0.0215. The highest BCUT2D eigenvalue weighted by atomic mass is 16.5. The van der Waals surface area contributed by atoms with Crippen LogP contribution in [0.3, 0.4) is 0 Å². The van der Waals surface area contributed by atoms with E-state index in [2.05, 4.69) is 39.0 Å². The Bertz CT molecular complexity index is 1210. The molecule has 0 unspecified atom stereocenters. The van der Waals surface area contributed by atoms with Crippen molar-refractivity contribution >= 4 is 11.0 Å². The first-order valence-corrected chi connectivity index (χ1v) is 9.84. The summed E-state index contributed by atoms with van der Waals surface area (Å²) in [7, 11) is 1.84. The number of aromatic nitrogens is 2. The Kier molecular flexibility index (Phi) is 4.79. The van der Waals surface area contributed by atoms with Crippen LogP contribution in [0.2, 0.25) is 0 Å². The van der Waals surface area contributed by atoms with Crippen molar-refractivity contribution < 1.29 is 4.74 Å². The molecule has 0 radical (unpaired) electrons. The molecule has 0 fully saturated rings. The van der Waals surface area contributed by atoms with Gasteiger partial charge in [-0.1, -0.05) is 57.2 Å². The zero-order valence-corrected chi connectivity index (χ0v) is 17.3. The normalized spacial score (nSPS) is 11.7. The smallest absolute Gasteiger partial charge is 0.328 e. The molecule has 1 heterocycles. The average molecular weight is 386 g/mol. The number of aryl methyl sites for hydroxylation is 1. The Balaban J connectivity index is 1.73. The maximum Gasteiger partial charge on any atom is 0.328 e. The molecule has 0 spiro atoms. The Morgan fingerprint density at radius 2 is 1.48 bits per heavy atom. The molecule has 3 aromatic carbocycles. The second kappa shape index (κ2) is 7.28. The van der Waals surface area contributed by atoms with Gasteiger partial charge in [-0.25, -0.2) is 4.79 Å². The summed E-state index contributed by atoms with van der Waals surface area (Å²) in [5, 5.41) is 0. The summed E-state index contributed by atoms with van der Waals surface area (Å²) in [6, 6.07) is 24.0. The van der Waals surface area contributed by atoms with Crippen molar-refractivity contribution in [3.8, 4) is 22.6 Å². The van der Waals surface area contributed by atoms with Crippen LogP contribution in [-0.4, -0.2) is 9.13 Å². The molecule has 4 nitrogen and oxygen atoms in total. The van der Waals surface area contributed by atoms with E-state index in [1.807, 2.05) is 66.2 Å². The van der Waals surface area contributed by atoms with Gasteiger partial charge in [-0.3, -0.25) is 9.13 Å². The molecule has 29 heavy (non-hydrogen) atoms. The van der Waals surface area contributed by atoms with E-state index >= 15 is 0 Å². The van der Waals surface area contributed by atoms with Gasteiger partial charge in [0.2, 0.25) is 0 Å². The summed E-state index contributed by atoms with van der Waals surface area (Å²) in [6.45, 7) is 7.11. The number of imidazole rings is 1. The Morgan fingerprint density at radius 1 is 0.793 bits per heavy atom. The molecule has 0 aliphatic carbocycles. The van der Waals surface area contributed by atoms with Crippen LogP contribution >= 0.6 is 0 Å². The summed E-state index contributed by atoms with van der Waals surface area (Å²) in [4.78, 5) is 12.8. The highest BCUT2D eigenvalue weighted by Gasteiger charge is 2.18. The molecule has 0 amide bonds. The van der Waals surface area contributed by atoms with E-state index in [0.29, 0.717) is 6.54 Å². The third-order valence-corrected chi connectivity index (χ3v) is 4.92. The van der Waals surface area contributed by atoms with Gasteiger partial charge in [0.1, 0.15) is 11.5 Å². The predicted octanol–water partition coefficient (Wildman–Crippen LogP) is 5.85. The van der Waals surface area contributed by atoms with E-state index in [1.165, 1.54) is 0 Å². The molecule has 0 saturated carbocycles. The lowest BCUT2D eigenvalue weighted by molar-refractivity contribution is 0.342. The van der Waals surface area contributed by atoms with Crippen LogP contribution in [0.15, 0.2) is 77.6 Å². The lowest BCUT2D eigenvalue weighted by Gasteiger charge is -2.18. The minimum absolute atomic E-state index is 0.0215. The van der Waals surface area contributed by atoms with E-state index in [-0.39, 0.29) is 11.1 Å². The number of rotatable bonds is 4. The van der Waals surface area contributed by atoms with Crippen LogP contribution < -0.4 is 10.4 Å². The molecular weight excluding hydrogens is 360 g/mol. The lowest BCUT2D eigenvalue weighted by atomic mass is 9.97. The molecular formula is C25H26N2O2. The second-order valence-electron chi connectivity index (χ2n) is 8.63. The average Bonchev–Trinajstić information content (AvgIpc) is 2.92. The Labute approximate surface area is 171 Å². The predicted molar refractivity (Wildman–Crippen MR) is 119 cm³/mol. The van der Waals surface area contributed by atoms with Crippen LogP contribution in [0.5, 0.6) is 11.5 Å². The van der Waals surface area contributed by atoms with Gasteiger partial charge < -0.3 is 4.74 Å². The second-order valence-corrected chi connectivity index (χ2v) is 8.63. The maximum atomic E-state index is 12.8. The van der Waals surface area contributed by atoms with Crippen molar-refractivity contribution in [3.63, 3.8) is 0 Å². The van der Waals surface area contributed by atoms with Gasteiger partial charge in [0, 0.05) is 13.6 Å². The van der Waals surface area contributed by atoms with E-state index in [4.69, 9.17) is 4.74 Å². The highest BCUT2D eigenvalue weighted by molar-refractivity contribution is 5.83. The standard InChI is InChI=1S/C25H26N2O2/c1-25(2,3)17-27-22-14-13-19(16-23(22)26(4)24(27)28)18-9-8-12-21(15-18)29-20-10-6-5-7-11-20/h5-16H,17H2,1-4H3. The van der Waals surface area contributed by atoms with Crippen molar-refractivity contribution in [1.29, 1.82) is 0 Å². The van der Waals surface area contributed by atoms with E-state index in [1.54, 1.807) is 4.57 Å². The van der Waals surface area contributed by atoms with Crippen molar-refractivity contribution in [2.75, 3.05) is 0 Å². The van der Waals surface area contributed by atoms with Gasteiger partial charge in [0.05, 0.1) is 11.0 Å². The number of benzene rings is 3. The molecule has 0 aliphatic rings. The largest absolute Gasteiger partial charge is 0.457 e. The Hall–Kier alpha value is -3.27. The minimum Gasteiger partial charge on any atom is -0.457 e. The first-order chi connectivity index (χ1) is 13.8. The van der Waals surface area contributed by atoms with Crippen molar-refractivity contribution in [1.82, 2.24) is 9.13 Å². The number of hydrogen-bond donors (Lipinski definition) is 0. The highest BCUT2D eigenvalue weighted by Crippen LogP contribution is 2.29. The molecule has 148 valence electrons. The molecule has 0 atom stereocenters. The van der Waals surface area contributed by atoms with Crippen LogP contribution in [-0.2, 0) is 13.6 Å². The quantitative estimate of drug-likeness (QED) is 0.441. The van der Waals surface area contributed by atoms with Gasteiger partial charge in [0.15, 0.2) is 0 Å². The maximum absolute atomic E-state index is 12.8. The number of ether oxygens (including phenoxy) is 1. The molecule has 4 heteroatoms. The third kappa shape index (κ3) is 3.97. The summed E-state index contributed by atoms with van der Waals surface area (Å²) in [6.07, 6.45) is 0. The Morgan fingerprint density at radius 3 is 2.21 bits per heavy atom. The fourth-order valence-corrected chi connectivity index (χ4v) is 3.58. The molecule has 0 aliphatic heterocycles. The van der Waals surface area contributed by atoms with Crippen LogP contribution in [0.25, 0.3) is 22.2 Å². The van der Waals surface area contributed by atoms with Gasteiger partial charge in [-0.05, 0) is 52.9 Å². The van der Waals surface area contributed by atoms with Gasteiger partial charge in [0.25, 0.3) is 0 Å². The van der Waals surface area contributed by atoms with E-state index < -0.39 is 0 Å². The first-order valence-electron chi connectivity index (χ1n) is 9.84. The van der Waals surface area contributed by atoms with Crippen molar-refractivity contribution in [2.24, 2.45) is 12.5 Å². The van der Waals surface area contributed by atoms with E-state index in [9.17, 15) is 4.79 Å². The van der Waals surface area contributed by atoms with Crippen LogP contribution in [0.1, 0.15) is 20.8 Å². The van der Waals surface area contributed by atoms with Crippen LogP contribution in [0.4, 0.5) is 0 Å². The molecule has 4 rings (SSSR count). The fourth-order valence-electron chi connectivity index (χ4n) is 3.58. The summed E-state index contributed by atoms with van der Waals surface area (Å²) in [5.74, 6) is 1.59. The van der Waals surface area contributed by atoms with E-state index in [0.717, 1.165) is 33.7 Å². The first kappa shape index (κ1) is 19.1. The van der Waals surface area contributed by atoms with Gasteiger partial charge in [-0.2, -0.15) is 0 Å². The van der Waals surface area contributed by atoms with Crippen molar-refractivity contribution in [2.45, 2.75) is 27.3 Å². The zero-order chi connectivity index (χ0) is 20.6. The summed E-state index contributed by atoms with van der Waals surface area (Å²) < 4.78 is 9.57. The van der Waals surface area contributed by atoms with Gasteiger partial charge in [-0.15, -0.1) is 0 Å². The third-order valence-electron chi connectivity index (χ3n) is 4.92. The number of nitrogens with zero attached hydrogens (tertiary/aromatic N) is 2.